The SMILES string of the molecule is CC(O)C[N]C(=O)O. The first-order chi connectivity index (χ1) is 3.63. The Labute approximate surface area is 47.1 Å². The lowest BCUT2D eigenvalue weighted by Gasteiger charge is -1.97. The van der Waals surface area contributed by atoms with Crippen LogP contribution in [0.15, 0.2) is 0 Å². The van der Waals surface area contributed by atoms with E-state index < -0.39 is 12.2 Å². The van der Waals surface area contributed by atoms with Gasteiger partial charge in [0.25, 0.3) is 0 Å². The number of nitrogens with zero attached hydrogens (tertiary/aromatic N) is 1. The summed E-state index contributed by atoms with van der Waals surface area (Å²) in [6, 6.07) is 0. The Morgan fingerprint density at radius 2 is 2.38 bits per heavy atom. The monoisotopic (exact) mass is 118 g/mol. The van der Waals surface area contributed by atoms with Crippen LogP contribution < -0.4 is 5.32 Å². The normalized spacial score (nSPS) is 12.8. The Balaban J connectivity index is 3.05. The molecule has 1 radical (unpaired) electrons. The predicted octanol–water partition coefficient (Wildman–Crippen LogP) is -0.350. The van der Waals surface area contributed by atoms with E-state index in [1.165, 1.54) is 6.92 Å². The zero-order valence-corrected chi connectivity index (χ0v) is 4.53. The van der Waals surface area contributed by atoms with E-state index in [-0.39, 0.29) is 6.54 Å². The Hall–Kier alpha value is -0.770. The van der Waals surface area contributed by atoms with E-state index in [1.54, 1.807) is 0 Å². The summed E-state index contributed by atoms with van der Waals surface area (Å²) in [4.78, 5) is 9.63. The van der Waals surface area contributed by atoms with Crippen molar-refractivity contribution in [3.63, 3.8) is 0 Å². The van der Waals surface area contributed by atoms with Gasteiger partial charge in [0.2, 0.25) is 0 Å². The fourth-order valence-corrected chi connectivity index (χ4v) is 0.210. The molecular weight excluding hydrogens is 110 g/mol. The number of carbonyl (C=O) groups is 1. The van der Waals surface area contributed by atoms with Crippen molar-refractivity contribution in [1.29, 1.82) is 0 Å². The second-order valence-corrected chi connectivity index (χ2v) is 1.47. The topological polar surface area (TPSA) is 71.6 Å². The summed E-state index contributed by atoms with van der Waals surface area (Å²) in [6.45, 7) is 1.45. The molecule has 4 heteroatoms. The quantitative estimate of drug-likeness (QED) is 0.520. The zero-order valence-electron chi connectivity index (χ0n) is 4.53. The fraction of sp³-hybridized carbons (Fsp3) is 0.750. The molecule has 0 aliphatic carbocycles. The van der Waals surface area contributed by atoms with Crippen LogP contribution in [0.1, 0.15) is 6.92 Å². The van der Waals surface area contributed by atoms with Crippen molar-refractivity contribution in [2.75, 3.05) is 6.54 Å². The van der Waals surface area contributed by atoms with Gasteiger partial charge in [-0.3, -0.25) is 0 Å². The molecule has 0 aliphatic rings. The van der Waals surface area contributed by atoms with E-state index in [0.717, 1.165) is 0 Å². The molecule has 1 unspecified atom stereocenters. The third-order valence-electron chi connectivity index (χ3n) is 0.491. The van der Waals surface area contributed by atoms with Crippen LogP contribution in [0.25, 0.3) is 0 Å². The Morgan fingerprint density at radius 1 is 1.88 bits per heavy atom. The highest BCUT2D eigenvalue weighted by atomic mass is 16.4. The summed E-state index contributed by atoms with van der Waals surface area (Å²) in [5.41, 5.74) is 0. The van der Waals surface area contributed by atoms with Gasteiger partial charge in [0.05, 0.1) is 12.6 Å². The molecule has 0 saturated carbocycles. The molecule has 0 aromatic heterocycles. The first-order valence-electron chi connectivity index (χ1n) is 2.21. The Morgan fingerprint density at radius 3 is 2.50 bits per heavy atom. The molecule has 47 valence electrons. The number of aliphatic hydroxyl groups excluding tert-OH is 1. The summed E-state index contributed by atoms with van der Waals surface area (Å²) in [6.07, 6.45) is -1.89. The Bertz CT molecular complexity index is 81.4. The maximum absolute atomic E-state index is 9.63. The van der Waals surface area contributed by atoms with Crippen LogP contribution in [0, 0.1) is 0 Å². The van der Waals surface area contributed by atoms with Crippen LogP contribution in [0.5, 0.6) is 0 Å². The van der Waals surface area contributed by atoms with Gasteiger partial charge >= 0.3 is 6.09 Å². The highest BCUT2D eigenvalue weighted by Gasteiger charge is 1.99. The van der Waals surface area contributed by atoms with Gasteiger partial charge in [0, 0.05) is 0 Å². The molecular formula is C4H8NO3. The molecule has 4 nitrogen and oxygen atoms in total. The number of hydrogen-bond donors (Lipinski definition) is 2. The molecule has 1 atom stereocenters. The molecule has 0 spiro atoms. The van der Waals surface area contributed by atoms with E-state index in [0.29, 0.717) is 0 Å². The summed E-state index contributed by atoms with van der Waals surface area (Å²) < 4.78 is 0. The first kappa shape index (κ1) is 7.23. The van der Waals surface area contributed by atoms with Crippen molar-refractivity contribution in [1.82, 2.24) is 5.32 Å². The van der Waals surface area contributed by atoms with Crippen LogP contribution in [0.2, 0.25) is 0 Å². The largest absolute Gasteiger partial charge is 0.464 e. The fourth-order valence-electron chi connectivity index (χ4n) is 0.210. The minimum absolute atomic E-state index is 0.0324. The van der Waals surface area contributed by atoms with E-state index in [4.69, 9.17) is 10.2 Å². The number of rotatable bonds is 2. The van der Waals surface area contributed by atoms with Gasteiger partial charge in [-0.1, -0.05) is 0 Å². The van der Waals surface area contributed by atoms with Crippen molar-refractivity contribution < 1.29 is 15.0 Å². The third-order valence-corrected chi connectivity index (χ3v) is 0.491. The maximum Gasteiger partial charge on any atom is 0.426 e. The van der Waals surface area contributed by atoms with Gasteiger partial charge in [0.15, 0.2) is 0 Å². The van der Waals surface area contributed by atoms with Crippen molar-refractivity contribution in [2.45, 2.75) is 13.0 Å². The summed E-state index contributed by atoms with van der Waals surface area (Å²) in [5.74, 6) is 0. The second kappa shape index (κ2) is 3.26. The lowest BCUT2D eigenvalue weighted by atomic mass is 10.4. The second-order valence-electron chi connectivity index (χ2n) is 1.47. The smallest absolute Gasteiger partial charge is 0.426 e. The van der Waals surface area contributed by atoms with Gasteiger partial charge in [-0.25, -0.2) is 10.1 Å². The molecule has 0 heterocycles. The molecule has 0 aromatic rings. The number of hydrogen-bond acceptors (Lipinski definition) is 2. The van der Waals surface area contributed by atoms with E-state index in [1.807, 2.05) is 0 Å². The predicted molar refractivity (Wildman–Crippen MR) is 26.7 cm³/mol. The highest BCUT2D eigenvalue weighted by Crippen LogP contribution is 1.75. The van der Waals surface area contributed by atoms with Crippen molar-refractivity contribution in [3.05, 3.63) is 0 Å². The molecule has 0 saturated heterocycles. The van der Waals surface area contributed by atoms with Crippen LogP contribution in [0.3, 0.4) is 0 Å². The number of aliphatic hydroxyl groups is 1. The maximum atomic E-state index is 9.63. The van der Waals surface area contributed by atoms with Gasteiger partial charge in [-0.05, 0) is 6.92 Å². The molecule has 8 heavy (non-hydrogen) atoms. The third kappa shape index (κ3) is 5.23. The summed E-state index contributed by atoms with van der Waals surface area (Å²) in [7, 11) is 0. The lowest BCUT2D eigenvalue weighted by Crippen LogP contribution is -2.22. The van der Waals surface area contributed by atoms with Gasteiger partial charge < -0.3 is 10.2 Å². The number of amides is 1. The minimum atomic E-state index is -1.23. The van der Waals surface area contributed by atoms with E-state index >= 15 is 0 Å². The van der Waals surface area contributed by atoms with E-state index in [9.17, 15) is 4.79 Å². The average Bonchev–Trinajstić information content (AvgIpc) is 1.61. The highest BCUT2D eigenvalue weighted by molar-refractivity contribution is 5.63. The average molecular weight is 118 g/mol. The molecule has 2 N–H and O–H groups in total. The van der Waals surface area contributed by atoms with Crippen LogP contribution >= 0.6 is 0 Å². The van der Waals surface area contributed by atoms with Gasteiger partial charge in [-0.2, -0.15) is 0 Å². The Kier molecular flexibility index (Phi) is 2.95. The summed E-state index contributed by atoms with van der Waals surface area (Å²) >= 11 is 0. The van der Waals surface area contributed by atoms with Gasteiger partial charge in [0.1, 0.15) is 0 Å². The van der Waals surface area contributed by atoms with Crippen molar-refractivity contribution in [3.8, 4) is 0 Å². The van der Waals surface area contributed by atoms with Gasteiger partial charge in [-0.15, -0.1) is 0 Å². The summed E-state index contributed by atoms with van der Waals surface area (Å²) in [5, 5.41) is 19.3. The number of carboxylic acid groups (broad SMARTS) is 1. The molecule has 0 aliphatic heterocycles. The molecule has 0 bridgehead atoms. The lowest BCUT2D eigenvalue weighted by molar-refractivity contribution is 0.167. The van der Waals surface area contributed by atoms with Crippen molar-refractivity contribution in [2.24, 2.45) is 0 Å². The molecule has 0 rings (SSSR count). The van der Waals surface area contributed by atoms with Crippen LogP contribution in [-0.2, 0) is 0 Å². The van der Waals surface area contributed by atoms with Crippen LogP contribution in [0.4, 0.5) is 4.79 Å². The van der Waals surface area contributed by atoms with Crippen molar-refractivity contribution >= 4 is 6.09 Å². The molecule has 0 aromatic carbocycles. The standard InChI is InChI=1S/C4H8NO3/c1-3(6)2-5-4(7)8/h3,6H,2H2,1H3,(H,7,8). The van der Waals surface area contributed by atoms with E-state index in [2.05, 4.69) is 5.32 Å². The minimum Gasteiger partial charge on any atom is -0.464 e. The zero-order chi connectivity index (χ0) is 6.57. The first-order valence-corrected chi connectivity index (χ1v) is 2.21. The molecule has 0 fully saturated rings. The molecule has 1 amide bonds. The van der Waals surface area contributed by atoms with Crippen LogP contribution in [-0.4, -0.2) is 29.0 Å².